The van der Waals surface area contributed by atoms with Crippen molar-refractivity contribution in [2.45, 2.75) is 0 Å². The summed E-state index contributed by atoms with van der Waals surface area (Å²) in [5, 5.41) is 13.7. The summed E-state index contributed by atoms with van der Waals surface area (Å²) in [5.74, 6) is 0. The number of benzene rings is 2. The lowest BCUT2D eigenvalue weighted by atomic mass is 10.2. The Labute approximate surface area is 128 Å². The van der Waals surface area contributed by atoms with Gasteiger partial charge in [-0.3, -0.25) is 10.1 Å². The van der Waals surface area contributed by atoms with Crippen LogP contribution in [0.15, 0.2) is 48.5 Å². The van der Waals surface area contributed by atoms with E-state index in [2.05, 4.69) is 5.32 Å². The third-order valence-corrected chi connectivity index (χ3v) is 3.32. The van der Waals surface area contributed by atoms with Crippen LogP contribution in [-0.2, 0) is 0 Å². The second-order valence-corrected chi connectivity index (χ2v) is 5.11. The third-order valence-electron chi connectivity index (χ3n) is 2.98. The van der Waals surface area contributed by atoms with Crippen molar-refractivity contribution < 1.29 is 4.92 Å². The molecule has 2 rings (SSSR count). The van der Waals surface area contributed by atoms with Crippen LogP contribution in [0.2, 0.25) is 0 Å². The number of thiocarbonyl (C=S) groups is 1. The summed E-state index contributed by atoms with van der Waals surface area (Å²) in [6.07, 6.45) is 0. The maximum absolute atomic E-state index is 10.6. The highest BCUT2D eigenvalue weighted by molar-refractivity contribution is 7.81. The average molecular weight is 301 g/mol. The van der Waals surface area contributed by atoms with Gasteiger partial charge in [0.25, 0.3) is 5.69 Å². The van der Waals surface area contributed by atoms with E-state index in [9.17, 15) is 10.1 Å². The molecule has 0 aliphatic carbocycles. The smallest absolute Gasteiger partial charge is 0.269 e. The summed E-state index contributed by atoms with van der Waals surface area (Å²) >= 11 is 5.34. The normalized spacial score (nSPS) is 10.0. The van der Waals surface area contributed by atoms with Gasteiger partial charge in [0.2, 0.25) is 0 Å². The Morgan fingerprint density at radius 2 is 1.67 bits per heavy atom. The van der Waals surface area contributed by atoms with E-state index >= 15 is 0 Å². The van der Waals surface area contributed by atoms with Crippen molar-refractivity contribution in [1.29, 1.82) is 0 Å². The van der Waals surface area contributed by atoms with Crippen molar-refractivity contribution in [3.05, 3.63) is 64.2 Å². The molecule has 0 unspecified atom stereocenters. The van der Waals surface area contributed by atoms with Crippen molar-refractivity contribution in [1.82, 2.24) is 0 Å². The molecule has 1 N–H and O–H groups in total. The molecule has 0 atom stereocenters. The second kappa shape index (κ2) is 6.32. The molecule has 0 saturated carbocycles. The van der Waals surface area contributed by atoms with Crippen LogP contribution in [0.25, 0.3) is 0 Å². The zero-order chi connectivity index (χ0) is 15.4. The molecule has 0 aliphatic heterocycles. The Morgan fingerprint density at radius 3 is 2.14 bits per heavy atom. The van der Waals surface area contributed by atoms with Gasteiger partial charge in [0.05, 0.1) is 4.92 Å². The second-order valence-electron chi connectivity index (χ2n) is 4.70. The predicted molar refractivity (Wildman–Crippen MR) is 89.2 cm³/mol. The first kappa shape index (κ1) is 14.9. The van der Waals surface area contributed by atoms with Gasteiger partial charge in [-0.15, -0.1) is 0 Å². The van der Waals surface area contributed by atoms with Crippen LogP contribution in [0.4, 0.5) is 17.1 Å². The summed E-state index contributed by atoms with van der Waals surface area (Å²) in [4.78, 5) is 12.8. The Morgan fingerprint density at radius 1 is 1.10 bits per heavy atom. The molecule has 21 heavy (non-hydrogen) atoms. The lowest BCUT2D eigenvalue weighted by Gasteiger charge is -2.13. The first-order valence-electron chi connectivity index (χ1n) is 6.30. The summed E-state index contributed by atoms with van der Waals surface area (Å²) in [5.41, 5.74) is 2.77. The van der Waals surface area contributed by atoms with E-state index in [1.54, 1.807) is 12.1 Å². The SMILES string of the molecule is CN(C)c1ccc(C(=S)Nc2ccc([N+](=O)[O-])cc2)cc1. The zero-order valence-corrected chi connectivity index (χ0v) is 12.6. The number of non-ortho nitro benzene ring substituents is 1. The van der Waals surface area contributed by atoms with Crippen LogP contribution in [0.3, 0.4) is 0 Å². The summed E-state index contributed by atoms with van der Waals surface area (Å²) < 4.78 is 0. The van der Waals surface area contributed by atoms with Gasteiger partial charge in [-0.2, -0.15) is 0 Å². The molecule has 2 aromatic carbocycles. The van der Waals surface area contributed by atoms with E-state index in [0.717, 1.165) is 16.9 Å². The van der Waals surface area contributed by atoms with Gasteiger partial charge in [0, 0.05) is 43.2 Å². The largest absolute Gasteiger partial charge is 0.378 e. The molecular weight excluding hydrogens is 286 g/mol. The van der Waals surface area contributed by atoms with Gasteiger partial charge in [0.15, 0.2) is 0 Å². The van der Waals surface area contributed by atoms with Gasteiger partial charge >= 0.3 is 0 Å². The fourth-order valence-corrected chi connectivity index (χ4v) is 2.03. The van der Waals surface area contributed by atoms with Crippen molar-refractivity contribution in [2.24, 2.45) is 0 Å². The van der Waals surface area contributed by atoms with Gasteiger partial charge in [0.1, 0.15) is 4.99 Å². The first-order chi connectivity index (χ1) is 9.97. The number of nitro benzene ring substituents is 1. The summed E-state index contributed by atoms with van der Waals surface area (Å²) in [6, 6.07) is 14.0. The Kier molecular flexibility index (Phi) is 4.49. The number of anilines is 2. The highest BCUT2D eigenvalue weighted by Crippen LogP contribution is 2.18. The van der Waals surface area contributed by atoms with E-state index < -0.39 is 4.92 Å². The van der Waals surface area contributed by atoms with E-state index in [-0.39, 0.29) is 5.69 Å². The van der Waals surface area contributed by atoms with Crippen LogP contribution in [0.1, 0.15) is 5.56 Å². The molecule has 0 spiro atoms. The van der Waals surface area contributed by atoms with Crippen molar-refractivity contribution in [2.75, 3.05) is 24.3 Å². The van der Waals surface area contributed by atoms with E-state index in [1.807, 2.05) is 43.3 Å². The summed E-state index contributed by atoms with van der Waals surface area (Å²) in [6.45, 7) is 0. The molecule has 0 heterocycles. The molecule has 0 aromatic heterocycles. The van der Waals surface area contributed by atoms with E-state index in [0.29, 0.717) is 4.99 Å². The van der Waals surface area contributed by atoms with Gasteiger partial charge in [-0.1, -0.05) is 12.2 Å². The molecule has 5 nitrogen and oxygen atoms in total. The van der Waals surface area contributed by atoms with Crippen LogP contribution in [-0.4, -0.2) is 24.0 Å². The summed E-state index contributed by atoms with van der Waals surface area (Å²) in [7, 11) is 3.95. The molecule has 0 fully saturated rings. The number of nitro groups is 1. The van der Waals surface area contributed by atoms with Crippen LogP contribution < -0.4 is 10.2 Å². The Balaban J connectivity index is 2.08. The monoisotopic (exact) mass is 301 g/mol. The highest BCUT2D eigenvalue weighted by Gasteiger charge is 2.06. The maximum Gasteiger partial charge on any atom is 0.269 e. The number of rotatable bonds is 4. The molecule has 0 amide bonds. The van der Waals surface area contributed by atoms with Gasteiger partial charge < -0.3 is 10.2 Å². The van der Waals surface area contributed by atoms with Crippen LogP contribution in [0.5, 0.6) is 0 Å². The van der Waals surface area contributed by atoms with E-state index in [1.165, 1.54) is 12.1 Å². The quantitative estimate of drug-likeness (QED) is 0.532. The minimum absolute atomic E-state index is 0.0572. The standard InChI is InChI=1S/C15H15N3O2S/c1-17(2)13-7-3-11(4-8-13)15(21)16-12-5-9-14(10-6-12)18(19)20/h3-10H,1-2H3,(H,16,21). The topological polar surface area (TPSA) is 58.4 Å². The van der Waals surface area contributed by atoms with Crippen molar-refractivity contribution in [3.63, 3.8) is 0 Å². The zero-order valence-electron chi connectivity index (χ0n) is 11.7. The minimum atomic E-state index is -0.428. The number of nitrogens with one attached hydrogen (secondary N) is 1. The molecule has 2 aromatic rings. The average Bonchev–Trinajstić information content (AvgIpc) is 2.47. The lowest BCUT2D eigenvalue weighted by Crippen LogP contribution is -2.12. The van der Waals surface area contributed by atoms with Crippen molar-refractivity contribution >= 4 is 34.3 Å². The van der Waals surface area contributed by atoms with Gasteiger partial charge in [-0.25, -0.2) is 0 Å². The maximum atomic E-state index is 10.6. The predicted octanol–water partition coefficient (Wildman–Crippen LogP) is 3.45. The fourth-order valence-electron chi connectivity index (χ4n) is 1.78. The molecule has 6 heteroatoms. The third kappa shape index (κ3) is 3.76. The van der Waals surface area contributed by atoms with E-state index in [4.69, 9.17) is 12.2 Å². The van der Waals surface area contributed by atoms with Crippen LogP contribution >= 0.6 is 12.2 Å². The van der Waals surface area contributed by atoms with Crippen LogP contribution in [0, 0.1) is 10.1 Å². The van der Waals surface area contributed by atoms with Gasteiger partial charge in [-0.05, 0) is 36.4 Å². The molecule has 0 aliphatic rings. The number of hydrogen-bond acceptors (Lipinski definition) is 4. The first-order valence-corrected chi connectivity index (χ1v) is 6.71. The Hall–Kier alpha value is -2.47. The number of nitrogens with zero attached hydrogens (tertiary/aromatic N) is 2. The molecule has 0 saturated heterocycles. The Bertz CT molecular complexity index is 652. The molecular formula is C15H15N3O2S. The molecule has 0 radical (unpaired) electrons. The minimum Gasteiger partial charge on any atom is -0.378 e. The molecule has 0 bridgehead atoms. The fraction of sp³-hybridized carbons (Fsp3) is 0.133. The lowest BCUT2D eigenvalue weighted by molar-refractivity contribution is -0.384. The number of hydrogen-bond donors (Lipinski definition) is 1. The molecule has 108 valence electrons. The highest BCUT2D eigenvalue weighted by atomic mass is 32.1. The van der Waals surface area contributed by atoms with Crippen molar-refractivity contribution in [3.8, 4) is 0 Å².